The van der Waals surface area contributed by atoms with Crippen molar-refractivity contribution in [2.75, 3.05) is 0 Å². The van der Waals surface area contributed by atoms with E-state index < -0.39 is 0 Å². The molecule has 108 valence electrons. The molecule has 20 heavy (non-hydrogen) atoms. The summed E-state index contributed by atoms with van der Waals surface area (Å²) in [5.74, 6) is 1.05. The van der Waals surface area contributed by atoms with Gasteiger partial charge < -0.3 is 10.2 Å². The summed E-state index contributed by atoms with van der Waals surface area (Å²) in [5, 5.41) is 0. The van der Waals surface area contributed by atoms with Gasteiger partial charge in [0.05, 0.1) is 5.52 Å². The minimum atomic E-state index is -0.322. The molecule has 2 aromatic rings. The van der Waals surface area contributed by atoms with Crippen molar-refractivity contribution < 1.29 is 4.42 Å². The van der Waals surface area contributed by atoms with E-state index in [-0.39, 0.29) is 11.8 Å². The molecule has 3 rings (SSSR count). The second kappa shape index (κ2) is 5.09. The van der Waals surface area contributed by atoms with Crippen LogP contribution in [0.4, 0.5) is 0 Å². The molecule has 1 saturated carbocycles. The van der Waals surface area contributed by atoms with Crippen LogP contribution in [0.25, 0.3) is 11.1 Å². The van der Waals surface area contributed by atoms with E-state index in [9.17, 15) is 4.79 Å². The van der Waals surface area contributed by atoms with Crippen LogP contribution in [0.1, 0.15) is 44.2 Å². The predicted molar refractivity (Wildman–Crippen MR) is 79.5 cm³/mol. The molecule has 1 aliphatic rings. The lowest BCUT2D eigenvalue weighted by atomic mass is 9.77. The summed E-state index contributed by atoms with van der Waals surface area (Å²) < 4.78 is 6.77. The zero-order valence-corrected chi connectivity index (χ0v) is 12.1. The van der Waals surface area contributed by atoms with Gasteiger partial charge in [-0.3, -0.25) is 4.57 Å². The van der Waals surface area contributed by atoms with Crippen LogP contribution in [-0.4, -0.2) is 4.57 Å². The molecule has 1 heterocycles. The molecule has 0 radical (unpaired) electrons. The van der Waals surface area contributed by atoms with Gasteiger partial charge in [0.15, 0.2) is 5.58 Å². The minimum Gasteiger partial charge on any atom is -0.408 e. The van der Waals surface area contributed by atoms with Crippen LogP contribution >= 0.6 is 0 Å². The lowest BCUT2D eigenvalue weighted by molar-refractivity contribution is 0.256. The molecular weight excluding hydrogens is 252 g/mol. The average molecular weight is 274 g/mol. The molecule has 0 aliphatic heterocycles. The Bertz CT molecular complexity index is 663. The topological polar surface area (TPSA) is 61.2 Å². The Hall–Kier alpha value is -1.55. The van der Waals surface area contributed by atoms with Gasteiger partial charge in [-0.25, -0.2) is 4.79 Å². The number of oxazole rings is 1. The van der Waals surface area contributed by atoms with E-state index in [1.165, 1.54) is 30.3 Å². The Balaban J connectivity index is 1.88. The third kappa shape index (κ3) is 2.29. The first-order chi connectivity index (χ1) is 9.56. The molecule has 0 amide bonds. The molecule has 1 fully saturated rings. The van der Waals surface area contributed by atoms with Gasteiger partial charge in [0.2, 0.25) is 0 Å². The van der Waals surface area contributed by atoms with E-state index in [1.54, 1.807) is 7.05 Å². The fourth-order valence-corrected chi connectivity index (χ4v) is 3.27. The molecule has 0 spiro atoms. The summed E-state index contributed by atoms with van der Waals surface area (Å²) in [6, 6.07) is 5.93. The maximum Gasteiger partial charge on any atom is 0.419 e. The number of nitrogens with two attached hydrogens (primary N) is 1. The van der Waals surface area contributed by atoms with Gasteiger partial charge >= 0.3 is 5.76 Å². The number of aryl methyl sites for hydroxylation is 1. The number of fused-ring (bicyclic) bond motifs is 1. The average Bonchev–Trinajstić information content (AvgIpc) is 2.74. The number of rotatable bonds is 2. The first-order valence-electron chi connectivity index (χ1n) is 7.41. The Kier molecular flexibility index (Phi) is 3.42. The fourth-order valence-electron chi connectivity index (χ4n) is 3.27. The molecule has 1 atom stereocenters. The molecule has 4 heteroatoms. The molecule has 0 saturated heterocycles. The van der Waals surface area contributed by atoms with Crippen molar-refractivity contribution in [1.82, 2.24) is 4.57 Å². The Morgan fingerprint density at radius 3 is 2.70 bits per heavy atom. The smallest absolute Gasteiger partial charge is 0.408 e. The molecule has 1 aromatic heterocycles. The third-order valence-corrected chi connectivity index (χ3v) is 4.77. The predicted octanol–water partition coefficient (Wildman–Crippen LogP) is 2.96. The number of hydrogen-bond donors (Lipinski definition) is 1. The summed E-state index contributed by atoms with van der Waals surface area (Å²) >= 11 is 0. The van der Waals surface area contributed by atoms with Crippen molar-refractivity contribution in [2.45, 2.75) is 38.6 Å². The zero-order valence-electron chi connectivity index (χ0n) is 12.1. The van der Waals surface area contributed by atoms with Crippen molar-refractivity contribution in [2.24, 2.45) is 24.6 Å². The van der Waals surface area contributed by atoms with Crippen LogP contribution in [0, 0.1) is 11.8 Å². The van der Waals surface area contributed by atoms with Crippen molar-refractivity contribution in [1.29, 1.82) is 0 Å². The van der Waals surface area contributed by atoms with Crippen LogP contribution in [0.5, 0.6) is 0 Å². The van der Waals surface area contributed by atoms with E-state index in [2.05, 4.69) is 6.92 Å². The monoisotopic (exact) mass is 274 g/mol. The van der Waals surface area contributed by atoms with Gasteiger partial charge in [-0.15, -0.1) is 0 Å². The first kappa shape index (κ1) is 13.4. The summed E-state index contributed by atoms with van der Waals surface area (Å²) in [4.78, 5) is 11.5. The number of benzene rings is 1. The molecule has 0 bridgehead atoms. The van der Waals surface area contributed by atoms with Crippen molar-refractivity contribution in [3.8, 4) is 0 Å². The van der Waals surface area contributed by atoms with Crippen LogP contribution in [0.15, 0.2) is 27.4 Å². The van der Waals surface area contributed by atoms with Crippen LogP contribution in [0.2, 0.25) is 0 Å². The van der Waals surface area contributed by atoms with E-state index >= 15 is 0 Å². The quantitative estimate of drug-likeness (QED) is 0.915. The first-order valence-corrected chi connectivity index (χ1v) is 7.41. The number of aromatic nitrogens is 1. The van der Waals surface area contributed by atoms with Crippen molar-refractivity contribution >= 4 is 11.1 Å². The number of nitrogens with zero attached hydrogens (tertiary/aromatic N) is 1. The van der Waals surface area contributed by atoms with Crippen molar-refractivity contribution in [3.05, 3.63) is 34.3 Å². The maximum atomic E-state index is 11.5. The highest BCUT2D eigenvalue weighted by molar-refractivity contribution is 5.73. The summed E-state index contributed by atoms with van der Waals surface area (Å²) in [6.07, 6.45) is 4.92. The van der Waals surface area contributed by atoms with E-state index in [4.69, 9.17) is 10.2 Å². The van der Waals surface area contributed by atoms with Crippen LogP contribution < -0.4 is 11.5 Å². The second-order valence-electron chi connectivity index (χ2n) is 6.20. The highest BCUT2D eigenvalue weighted by atomic mass is 16.4. The van der Waals surface area contributed by atoms with Gasteiger partial charge in [0, 0.05) is 13.1 Å². The molecule has 2 N–H and O–H groups in total. The molecular formula is C16H22N2O2. The molecule has 1 aliphatic carbocycles. The van der Waals surface area contributed by atoms with Gasteiger partial charge in [-0.2, -0.15) is 0 Å². The second-order valence-corrected chi connectivity index (χ2v) is 6.20. The molecule has 1 aromatic carbocycles. The highest BCUT2D eigenvalue weighted by Crippen LogP contribution is 2.36. The van der Waals surface area contributed by atoms with Gasteiger partial charge in [0.25, 0.3) is 0 Å². The van der Waals surface area contributed by atoms with E-state index in [0.717, 1.165) is 17.0 Å². The molecule has 4 nitrogen and oxygen atoms in total. The maximum absolute atomic E-state index is 11.5. The Morgan fingerprint density at radius 1 is 1.30 bits per heavy atom. The largest absolute Gasteiger partial charge is 0.419 e. The van der Waals surface area contributed by atoms with Gasteiger partial charge in [-0.05, 0) is 42.4 Å². The van der Waals surface area contributed by atoms with E-state index in [0.29, 0.717) is 11.5 Å². The van der Waals surface area contributed by atoms with Gasteiger partial charge in [0.1, 0.15) is 0 Å². The van der Waals surface area contributed by atoms with Crippen molar-refractivity contribution in [3.63, 3.8) is 0 Å². The normalized spacial score (nSPS) is 24.9. The van der Waals surface area contributed by atoms with Crippen LogP contribution in [0.3, 0.4) is 0 Å². The lowest BCUT2D eigenvalue weighted by Crippen LogP contribution is -2.25. The van der Waals surface area contributed by atoms with E-state index in [1.807, 2.05) is 18.2 Å². The Morgan fingerprint density at radius 2 is 2.00 bits per heavy atom. The SMILES string of the molecule is CC1CCC(C(N)c2ccc3c(c2)oc(=O)n3C)CC1. The zero-order chi connectivity index (χ0) is 14.3. The summed E-state index contributed by atoms with van der Waals surface area (Å²) in [5.41, 5.74) is 8.96. The molecule has 1 unspecified atom stereocenters. The third-order valence-electron chi connectivity index (χ3n) is 4.77. The van der Waals surface area contributed by atoms with Crippen LogP contribution in [-0.2, 0) is 7.05 Å². The highest BCUT2D eigenvalue weighted by Gasteiger charge is 2.25. The summed E-state index contributed by atoms with van der Waals surface area (Å²) in [6.45, 7) is 2.31. The minimum absolute atomic E-state index is 0.0393. The fraction of sp³-hybridized carbons (Fsp3) is 0.562. The lowest BCUT2D eigenvalue weighted by Gasteiger charge is -2.30. The van der Waals surface area contributed by atoms with Gasteiger partial charge in [-0.1, -0.05) is 25.8 Å². The number of hydrogen-bond acceptors (Lipinski definition) is 3. The standard InChI is InChI=1S/C16H22N2O2/c1-10-3-5-11(6-4-10)15(17)12-7-8-13-14(9-12)20-16(19)18(13)2/h7-11,15H,3-6,17H2,1-2H3. The Labute approximate surface area is 118 Å². The summed E-state index contributed by atoms with van der Waals surface area (Å²) in [7, 11) is 1.72.